The molecule has 0 radical (unpaired) electrons. The van der Waals surface area contributed by atoms with Crippen molar-refractivity contribution in [3.63, 3.8) is 0 Å². The van der Waals surface area contributed by atoms with Crippen LogP contribution in [0, 0.1) is 11.8 Å². The van der Waals surface area contributed by atoms with E-state index in [2.05, 4.69) is 25.5 Å². The smallest absolute Gasteiger partial charge is 0.170 e. The van der Waals surface area contributed by atoms with Crippen molar-refractivity contribution >= 4 is 16.7 Å². The van der Waals surface area contributed by atoms with Gasteiger partial charge in [-0.3, -0.25) is 4.68 Å². The molecular formula is C18H20N10. The monoisotopic (exact) mass is 376 g/mol. The summed E-state index contributed by atoms with van der Waals surface area (Å²) < 4.78 is 3.60. The molecule has 4 saturated carbocycles. The highest BCUT2D eigenvalue weighted by Crippen LogP contribution is 2.63. The standard InChI is InChI=1S/C18H20N10/c1-26-14-13(7-21-26)15-23-16(24-27(15)10-19-14)17-3-11-2-12(4-17)6-18(5-11,8-17)28-22-9-20-25-28/h7,9-12H,2-6,8H2,1H3/t11-,12+,17?,18?. The molecule has 0 aliphatic heterocycles. The predicted octanol–water partition coefficient (Wildman–Crippen LogP) is 1.24. The third-order valence-electron chi connectivity index (χ3n) is 7.35. The van der Waals surface area contributed by atoms with Gasteiger partial charge in [0.15, 0.2) is 23.4 Å². The van der Waals surface area contributed by atoms with Gasteiger partial charge in [-0.15, -0.1) is 15.3 Å². The second kappa shape index (κ2) is 4.73. The van der Waals surface area contributed by atoms with Gasteiger partial charge in [-0.1, -0.05) is 0 Å². The Morgan fingerprint density at radius 3 is 2.71 bits per heavy atom. The van der Waals surface area contributed by atoms with Crippen molar-refractivity contribution in [3.8, 4) is 0 Å². The fourth-order valence-electron chi connectivity index (χ4n) is 6.76. The van der Waals surface area contributed by atoms with Gasteiger partial charge in [0, 0.05) is 12.5 Å². The molecule has 4 aliphatic rings. The van der Waals surface area contributed by atoms with E-state index in [1.807, 2.05) is 22.6 Å². The molecule has 4 fully saturated rings. The number of tetrazole rings is 1. The van der Waals surface area contributed by atoms with Crippen molar-refractivity contribution < 1.29 is 0 Å². The maximum atomic E-state index is 5.05. The van der Waals surface area contributed by atoms with Gasteiger partial charge in [0.05, 0.1) is 17.1 Å². The van der Waals surface area contributed by atoms with Gasteiger partial charge in [0.2, 0.25) is 0 Å². The molecule has 0 N–H and O–H groups in total. The minimum Gasteiger partial charge on any atom is -0.250 e. The Labute approximate surface area is 160 Å². The second-order valence-corrected chi connectivity index (χ2v) is 9.14. The Morgan fingerprint density at radius 2 is 1.93 bits per heavy atom. The van der Waals surface area contributed by atoms with Crippen molar-refractivity contribution in [2.45, 2.75) is 49.5 Å². The van der Waals surface area contributed by atoms with Gasteiger partial charge in [-0.05, 0) is 55.6 Å². The molecule has 4 bridgehead atoms. The van der Waals surface area contributed by atoms with Gasteiger partial charge >= 0.3 is 0 Å². The number of fused-ring (bicyclic) bond motifs is 3. The molecule has 2 unspecified atom stereocenters. The van der Waals surface area contributed by atoms with E-state index >= 15 is 0 Å². The first kappa shape index (κ1) is 15.1. The van der Waals surface area contributed by atoms with Crippen molar-refractivity contribution in [2.24, 2.45) is 18.9 Å². The lowest BCUT2D eigenvalue weighted by atomic mass is 9.46. The number of aryl methyl sites for hydroxylation is 1. The Kier molecular flexibility index (Phi) is 2.55. The highest BCUT2D eigenvalue weighted by atomic mass is 15.6. The summed E-state index contributed by atoms with van der Waals surface area (Å²) in [5, 5.41) is 22.9. The normalized spacial score (nSPS) is 34.0. The molecule has 10 heteroatoms. The zero-order valence-corrected chi connectivity index (χ0v) is 15.6. The zero-order chi connectivity index (χ0) is 18.5. The summed E-state index contributed by atoms with van der Waals surface area (Å²) in [7, 11) is 1.90. The molecular weight excluding hydrogens is 356 g/mol. The maximum absolute atomic E-state index is 5.05. The Balaban J connectivity index is 1.41. The summed E-state index contributed by atoms with van der Waals surface area (Å²) >= 11 is 0. The van der Waals surface area contributed by atoms with Gasteiger partial charge in [-0.25, -0.2) is 14.5 Å². The van der Waals surface area contributed by atoms with Crippen molar-refractivity contribution in [1.29, 1.82) is 0 Å². The molecule has 4 aromatic heterocycles. The predicted molar refractivity (Wildman–Crippen MR) is 97.2 cm³/mol. The average molecular weight is 376 g/mol. The number of nitrogens with zero attached hydrogens (tertiary/aromatic N) is 10. The van der Waals surface area contributed by atoms with E-state index in [1.165, 1.54) is 6.42 Å². The van der Waals surface area contributed by atoms with Gasteiger partial charge in [0.1, 0.15) is 6.33 Å². The molecule has 0 aromatic carbocycles. The van der Waals surface area contributed by atoms with E-state index in [1.54, 1.807) is 17.3 Å². The molecule has 0 spiro atoms. The van der Waals surface area contributed by atoms with Gasteiger partial charge in [-0.2, -0.15) is 9.90 Å². The lowest BCUT2D eigenvalue weighted by molar-refractivity contribution is -0.0785. The molecule has 8 rings (SSSR count). The Hall–Kier alpha value is -2.91. The third-order valence-corrected chi connectivity index (χ3v) is 7.35. The molecule has 4 heterocycles. The summed E-state index contributed by atoms with van der Waals surface area (Å²) in [5.41, 5.74) is 1.62. The van der Waals surface area contributed by atoms with Crippen LogP contribution < -0.4 is 0 Å². The van der Waals surface area contributed by atoms with Crippen LogP contribution in [-0.2, 0) is 18.0 Å². The third kappa shape index (κ3) is 1.76. The Bertz CT molecular complexity index is 1200. The number of rotatable bonds is 2. The lowest BCUT2D eigenvalue weighted by Crippen LogP contribution is -2.59. The van der Waals surface area contributed by atoms with Gasteiger partial charge < -0.3 is 0 Å². The van der Waals surface area contributed by atoms with Crippen LogP contribution in [0.5, 0.6) is 0 Å². The Morgan fingerprint density at radius 1 is 1.07 bits per heavy atom. The van der Waals surface area contributed by atoms with Gasteiger partial charge in [0.25, 0.3) is 0 Å². The van der Waals surface area contributed by atoms with Crippen LogP contribution in [0.2, 0.25) is 0 Å². The first-order valence-corrected chi connectivity index (χ1v) is 9.91. The molecule has 142 valence electrons. The van der Waals surface area contributed by atoms with Crippen LogP contribution >= 0.6 is 0 Å². The van der Waals surface area contributed by atoms with E-state index in [4.69, 9.17) is 10.1 Å². The number of hydrogen-bond acceptors (Lipinski definition) is 7. The van der Waals surface area contributed by atoms with Crippen molar-refractivity contribution in [2.75, 3.05) is 0 Å². The number of aromatic nitrogens is 10. The van der Waals surface area contributed by atoms with Crippen LogP contribution in [0.1, 0.15) is 44.3 Å². The number of hydrogen-bond donors (Lipinski definition) is 0. The SMILES string of the molecule is Cn1ncc2c1ncn1nc(C34C[C@H]5C[C@@H](C3)CC(n3ncnn3)(C5)C4)nc21. The van der Waals surface area contributed by atoms with Crippen LogP contribution in [0.25, 0.3) is 16.7 Å². The zero-order valence-electron chi connectivity index (χ0n) is 15.6. The summed E-state index contributed by atoms with van der Waals surface area (Å²) in [6.45, 7) is 0. The van der Waals surface area contributed by atoms with E-state index in [0.29, 0.717) is 11.8 Å². The van der Waals surface area contributed by atoms with Crippen LogP contribution in [0.3, 0.4) is 0 Å². The molecule has 0 saturated heterocycles. The van der Waals surface area contributed by atoms with E-state index in [9.17, 15) is 0 Å². The van der Waals surface area contributed by atoms with Crippen LogP contribution in [0.4, 0.5) is 0 Å². The highest BCUT2D eigenvalue weighted by molar-refractivity contribution is 5.88. The van der Waals surface area contributed by atoms with Crippen LogP contribution in [0.15, 0.2) is 18.9 Å². The molecule has 0 amide bonds. The lowest BCUT2D eigenvalue weighted by Gasteiger charge is -2.60. The molecule has 4 atom stereocenters. The topological polar surface area (TPSA) is 105 Å². The van der Waals surface area contributed by atoms with E-state index in [0.717, 1.165) is 54.6 Å². The van der Waals surface area contributed by atoms with E-state index < -0.39 is 0 Å². The molecule has 28 heavy (non-hydrogen) atoms. The fourth-order valence-corrected chi connectivity index (χ4v) is 6.76. The second-order valence-electron chi connectivity index (χ2n) is 9.14. The molecule has 4 aliphatic carbocycles. The van der Waals surface area contributed by atoms with Crippen LogP contribution in [-0.4, -0.2) is 49.6 Å². The van der Waals surface area contributed by atoms with Crippen molar-refractivity contribution in [3.05, 3.63) is 24.7 Å². The average Bonchev–Trinajstić information content (AvgIpc) is 3.40. The summed E-state index contributed by atoms with van der Waals surface area (Å²) in [6.07, 6.45) is 12.0. The quantitative estimate of drug-likeness (QED) is 0.518. The minimum atomic E-state index is -0.0417. The first-order chi connectivity index (χ1) is 13.6. The first-order valence-electron chi connectivity index (χ1n) is 9.91. The molecule has 4 aromatic rings. The largest absolute Gasteiger partial charge is 0.250 e. The maximum Gasteiger partial charge on any atom is 0.170 e. The fraction of sp³-hybridized carbons (Fsp3) is 0.611. The van der Waals surface area contributed by atoms with Crippen molar-refractivity contribution in [1.82, 2.24) is 49.6 Å². The summed E-state index contributed by atoms with van der Waals surface area (Å²) in [4.78, 5) is 11.4. The highest BCUT2D eigenvalue weighted by Gasteiger charge is 2.61. The summed E-state index contributed by atoms with van der Waals surface area (Å²) in [5.74, 6) is 2.30. The van der Waals surface area contributed by atoms with E-state index in [-0.39, 0.29) is 11.0 Å². The molecule has 10 nitrogen and oxygen atoms in total. The minimum absolute atomic E-state index is 0.0156. The summed E-state index contributed by atoms with van der Waals surface area (Å²) in [6, 6.07) is 0.